The molecule has 0 spiro atoms. The van der Waals surface area contributed by atoms with Crippen LogP contribution in [0.15, 0.2) is 24.3 Å². The lowest BCUT2D eigenvalue weighted by Gasteiger charge is -2.18. The van der Waals surface area contributed by atoms with Gasteiger partial charge in [-0.25, -0.2) is 0 Å². The van der Waals surface area contributed by atoms with Gasteiger partial charge in [0.1, 0.15) is 0 Å². The number of carbonyl (C=O) groups excluding carboxylic acids is 2. The van der Waals surface area contributed by atoms with Crippen LogP contribution in [-0.2, 0) is 4.74 Å². The Morgan fingerprint density at radius 1 is 1.33 bits per heavy atom. The van der Waals surface area contributed by atoms with Crippen molar-refractivity contribution in [2.75, 3.05) is 20.2 Å². The Bertz CT molecular complexity index is 507. The lowest BCUT2D eigenvalue weighted by Crippen LogP contribution is -2.28. The Labute approximate surface area is 126 Å². The molecular formula is C17H23NO3. The van der Waals surface area contributed by atoms with E-state index in [1.165, 1.54) is 6.92 Å². The van der Waals surface area contributed by atoms with Gasteiger partial charge in [0.2, 0.25) is 0 Å². The summed E-state index contributed by atoms with van der Waals surface area (Å²) in [5.74, 6) is -0.0591. The summed E-state index contributed by atoms with van der Waals surface area (Å²) < 4.78 is 5.58. The van der Waals surface area contributed by atoms with Gasteiger partial charge >= 0.3 is 0 Å². The van der Waals surface area contributed by atoms with Crippen LogP contribution in [0, 0.1) is 0 Å². The summed E-state index contributed by atoms with van der Waals surface area (Å²) in [6.45, 7) is 3.09. The predicted octanol–water partition coefficient (Wildman–Crippen LogP) is 2.92. The van der Waals surface area contributed by atoms with Crippen molar-refractivity contribution >= 4 is 11.7 Å². The summed E-state index contributed by atoms with van der Waals surface area (Å²) in [6.07, 6.45) is 4.61. The molecule has 0 aromatic heterocycles. The molecule has 1 fully saturated rings. The first-order chi connectivity index (χ1) is 10.1. The second-order valence-corrected chi connectivity index (χ2v) is 5.64. The lowest BCUT2D eigenvalue weighted by atomic mass is 10.1. The van der Waals surface area contributed by atoms with Gasteiger partial charge in [0, 0.05) is 31.3 Å². The van der Waals surface area contributed by atoms with Gasteiger partial charge in [-0.15, -0.1) is 0 Å². The quantitative estimate of drug-likeness (QED) is 0.756. The van der Waals surface area contributed by atoms with Crippen molar-refractivity contribution in [1.82, 2.24) is 4.90 Å². The third kappa shape index (κ3) is 4.39. The molecule has 1 aromatic rings. The van der Waals surface area contributed by atoms with Crippen molar-refractivity contribution in [3.05, 3.63) is 35.4 Å². The van der Waals surface area contributed by atoms with E-state index in [0.717, 1.165) is 32.3 Å². The summed E-state index contributed by atoms with van der Waals surface area (Å²) in [5, 5.41) is 0. The number of nitrogens with zero attached hydrogens (tertiary/aromatic N) is 1. The normalized spacial score (nSPS) is 17.7. The maximum atomic E-state index is 12.3. The van der Waals surface area contributed by atoms with Crippen LogP contribution < -0.4 is 0 Å². The number of amides is 1. The van der Waals surface area contributed by atoms with E-state index in [4.69, 9.17) is 4.74 Å². The number of rotatable bonds is 6. The fourth-order valence-corrected chi connectivity index (χ4v) is 2.62. The molecule has 21 heavy (non-hydrogen) atoms. The van der Waals surface area contributed by atoms with Crippen LogP contribution in [0.25, 0.3) is 0 Å². The van der Waals surface area contributed by atoms with Gasteiger partial charge in [-0.3, -0.25) is 9.59 Å². The van der Waals surface area contributed by atoms with Gasteiger partial charge in [-0.05, 0) is 44.7 Å². The summed E-state index contributed by atoms with van der Waals surface area (Å²) in [5.41, 5.74) is 1.15. The molecule has 0 aliphatic carbocycles. The van der Waals surface area contributed by atoms with Crippen LogP contribution in [0.2, 0.25) is 0 Å². The van der Waals surface area contributed by atoms with Crippen molar-refractivity contribution < 1.29 is 14.3 Å². The standard InChI is InChI=1S/C17H23NO3/c1-13(19)14-6-3-7-15(12-14)17(20)18(2)10-4-8-16-9-5-11-21-16/h3,6-7,12,16H,4-5,8-11H2,1-2H3. The minimum absolute atomic E-state index is 0.0225. The molecule has 1 aromatic carbocycles. The van der Waals surface area contributed by atoms with E-state index >= 15 is 0 Å². The van der Waals surface area contributed by atoms with E-state index in [2.05, 4.69) is 0 Å². The zero-order chi connectivity index (χ0) is 15.2. The molecule has 1 atom stereocenters. The van der Waals surface area contributed by atoms with Gasteiger partial charge in [-0.1, -0.05) is 12.1 Å². The third-order valence-corrected chi connectivity index (χ3v) is 3.91. The molecule has 0 bridgehead atoms. The Balaban J connectivity index is 1.86. The number of ketones is 1. The first kappa shape index (κ1) is 15.7. The van der Waals surface area contributed by atoms with Gasteiger partial charge in [0.05, 0.1) is 6.10 Å². The van der Waals surface area contributed by atoms with E-state index in [-0.39, 0.29) is 11.7 Å². The summed E-state index contributed by atoms with van der Waals surface area (Å²) in [4.78, 5) is 25.4. The predicted molar refractivity (Wildman–Crippen MR) is 81.6 cm³/mol. The summed E-state index contributed by atoms with van der Waals surface area (Å²) >= 11 is 0. The molecular weight excluding hydrogens is 266 g/mol. The van der Waals surface area contributed by atoms with Crippen molar-refractivity contribution in [1.29, 1.82) is 0 Å². The molecule has 2 rings (SSSR count). The van der Waals surface area contributed by atoms with E-state index in [0.29, 0.717) is 23.8 Å². The van der Waals surface area contributed by atoms with E-state index in [1.54, 1.807) is 36.2 Å². The third-order valence-electron chi connectivity index (χ3n) is 3.91. The molecule has 1 aliphatic heterocycles. The van der Waals surface area contributed by atoms with Crippen LogP contribution in [-0.4, -0.2) is 42.9 Å². The molecule has 0 radical (unpaired) electrons. The molecule has 1 unspecified atom stereocenters. The number of benzene rings is 1. The van der Waals surface area contributed by atoms with E-state index < -0.39 is 0 Å². The average Bonchev–Trinajstić information content (AvgIpc) is 2.99. The van der Waals surface area contributed by atoms with Gasteiger partial charge in [-0.2, -0.15) is 0 Å². The fourth-order valence-electron chi connectivity index (χ4n) is 2.62. The van der Waals surface area contributed by atoms with Crippen molar-refractivity contribution in [2.45, 2.75) is 38.7 Å². The smallest absolute Gasteiger partial charge is 0.253 e. The number of ether oxygens (including phenoxy) is 1. The Hall–Kier alpha value is -1.68. The molecule has 0 N–H and O–H groups in total. The molecule has 1 amide bonds. The first-order valence-electron chi connectivity index (χ1n) is 7.56. The largest absolute Gasteiger partial charge is 0.378 e. The minimum Gasteiger partial charge on any atom is -0.378 e. The van der Waals surface area contributed by atoms with Crippen LogP contribution in [0.5, 0.6) is 0 Å². The number of Topliss-reactive ketones (excluding diaryl/α,β-unsaturated/α-hetero) is 1. The molecule has 114 valence electrons. The minimum atomic E-state index is -0.0366. The number of carbonyl (C=O) groups is 2. The highest BCUT2D eigenvalue weighted by Crippen LogP contribution is 2.17. The lowest BCUT2D eigenvalue weighted by molar-refractivity contribution is 0.0763. The van der Waals surface area contributed by atoms with E-state index in [9.17, 15) is 9.59 Å². The molecule has 4 nitrogen and oxygen atoms in total. The van der Waals surface area contributed by atoms with Crippen LogP contribution in [0.3, 0.4) is 0 Å². The van der Waals surface area contributed by atoms with Crippen molar-refractivity contribution in [3.63, 3.8) is 0 Å². The molecule has 1 saturated heterocycles. The maximum Gasteiger partial charge on any atom is 0.253 e. The molecule has 0 saturated carbocycles. The fraction of sp³-hybridized carbons (Fsp3) is 0.529. The zero-order valence-corrected chi connectivity index (χ0v) is 12.8. The van der Waals surface area contributed by atoms with Crippen molar-refractivity contribution in [2.24, 2.45) is 0 Å². The second kappa shape index (κ2) is 7.36. The molecule has 4 heteroatoms. The molecule has 1 heterocycles. The zero-order valence-electron chi connectivity index (χ0n) is 12.8. The highest BCUT2D eigenvalue weighted by molar-refractivity contribution is 5.99. The van der Waals surface area contributed by atoms with Crippen LogP contribution in [0.4, 0.5) is 0 Å². The van der Waals surface area contributed by atoms with Gasteiger partial charge in [0.15, 0.2) is 5.78 Å². The second-order valence-electron chi connectivity index (χ2n) is 5.64. The van der Waals surface area contributed by atoms with E-state index in [1.807, 2.05) is 0 Å². The number of hydrogen-bond acceptors (Lipinski definition) is 3. The van der Waals surface area contributed by atoms with Gasteiger partial charge in [0.25, 0.3) is 5.91 Å². The SMILES string of the molecule is CC(=O)c1cccc(C(=O)N(C)CCCC2CCCO2)c1. The molecule has 1 aliphatic rings. The topological polar surface area (TPSA) is 46.6 Å². The van der Waals surface area contributed by atoms with Gasteiger partial charge < -0.3 is 9.64 Å². The highest BCUT2D eigenvalue weighted by Gasteiger charge is 2.17. The van der Waals surface area contributed by atoms with Crippen LogP contribution >= 0.6 is 0 Å². The Morgan fingerprint density at radius 2 is 2.10 bits per heavy atom. The summed E-state index contributed by atoms with van der Waals surface area (Å²) in [6, 6.07) is 6.91. The number of hydrogen-bond donors (Lipinski definition) is 0. The summed E-state index contributed by atoms with van der Waals surface area (Å²) in [7, 11) is 1.80. The first-order valence-corrected chi connectivity index (χ1v) is 7.56. The van der Waals surface area contributed by atoms with Crippen LogP contribution in [0.1, 0.15) is 53.3 Å². The monoisotopic (exact) mass is 289 g/mol. The Morgan fingerprint density at radius 3 is 2.76 bits per heavy atom. The highest BCUT2D eigenvalue weighted by atomic mass is 16.5. The maximum absolute atomic E-state index is 12.3. The Kier molecular flexibility index (Phi) is 5.51. The average molecular weight is 289 g/mol. The van der Waals surface area contributed by atoms with Crippen molar-refractivity contribution in [3.8, 4) is 0 Å².